The molecule has 0 aliphatic carbocycles. The number of carboxylic acid groups (broad SMARTS) is 1. The molecule has 0 atom stereocenters. The number of rotatable bonds is 5. The van der Waals surface area contributed by atoms with E-state index in [1.807, 2.05) is 6.92 Å². The van der Waals surface area contributed by atoms with Gasteiger partial charge in [0.15, 0.2) is 0 Å². The van der Waals surface area contributed by atoms with E-state index in [0.29, 0.717) is 12.1 Å². The molecule has 0 aromatic carbocycles. The monoisotopic (exact) mass is 223 g/mol. The lowest BCUT2D eigenvalue weighted by atomic mass is 10.2. The largest absolute Gasteiger partial charge is 0.481 e. The van der Waals surface area contributed by atoms with Gasteiger partial charge in [0.25, 0.3) is 5.56 Å². The second-order valence-corrected chi connectivity index (χ2v) is 3.88. The van der Waals surface area contributed by atoms with Crippen LogP contribution in [0.15, 0.2) is 16.9 Å². The maximum absolute atomic E-state index is 11.9. The minimum atomic E-state index is -0.969. The van der Waals surface area contributed by atoms with Gasteiger partial charge in [0.1, 0.15) is 0 Å². The topological polar surface area (TPSA) is 59.3 Å². The Bertz CT molecular complexity index is 434. The van der Waals surface area contributed by atoms with Gasteiger partial charge in [-0.1, -0.05) is 19.4 Å². The summed E-state index contributed by atoms with van der Waals surface area (Å²) in [6, 6.07) is 3.41. The molecule has 0 unspecified atom stereocenters. The molecule has 4 heteroatoms. The first-order chi connectivity index (χ1) is 7.56. The summed E-state index contributed by atoms with van der Waals surface area (Å²) in [5.41, 5.74) is 1.07. The Balaban J connectivity index is 3.06. The highest BCUT2D eigenvalue weighted by Crippen LogP contribution is 2.02. The Morgan fingerprint density at radius 3 is 2.69 bits per heavy atom. The van der Waals surface area contributed by atoms with Crippen LogP contribution in [0.3, 0.4) is 0 Å². The van der Waals surface area contributed by atoms with Crippen molar-refractivity contribution in [3.63, 3.8) is 0 Å². The standard InChI is InChI=1S/C12H17NO3/c1-3-4-7-13-9(2)5-6-10(12(13)16)8-11(14)15/h5-6H,3-4,7-8H2,1-2H3,(H,14,15). The van der Waals surface area contributed by atoms with Crippen LogP contribution in [0, 0.1) is 6.92 Å². The fourth-order valence-electron chi connectivity index (χ4n) is 1.61. The normalized spacial score (nSPS) is 10.4. The van der Waals surface area contributed by atoms with Gasteiger partial charge in [0.2, 0.25) is 0 Å². The number of hydrogen-bond donors (Lipinski definition) is 1. The molecule has 0 amide bonds. The summed E-state index contributed by atoms with van der Waals surface area (Å²) in [6.45, 7) is 4.58. The molecule has 0 radical (unpaired) electrons. The summed E-state index contributed by atoms with van der Waals surface area (Å²) >= 11 is 0. The second-order valence-electron chi connectivity index (χ2n) is 3.88. The molecule has 1 heterocycles. The molecule has 4 nitrogen and oxygen atoms in total. The number of pyridine rings is 1. The van der Waals surface area contributed by atoms with Gasteiger partial charge in [-0.25, -0.2) is 0 Å². The maximum atomic E-state index is 11.9. The van der Waals surface area contributed by atoms with Crippen molar-refractivity contribution in [3.05, 3.63) is 33.7 Å². The number of unbranched alkanes of at least 4 members (excludes halogenated alkanes) is 1. The molecule has 16 heavy (non-hydrogen) atoms. The Labute approximate surface area is 94.5 Å². The molecule has 0 fully saturated rings. The number of aliphatic carboxylic acids is 1. The number of aryl methyl sites for hydroxylation is 1. The summed E-state index contributed by atoms with van der Waals surface area (Å²) in [6.07, 6.45) is 1.73. The SMILES string of the molecule is CCCCn1c(C)ccc(CC(=O)O)c1=O. The fraction of sp³-hybridized carbons (Fsp3) is 0.500. The molecule has 1 aromatic rings. The number of carboxylic acids is 1. The van der Waals surface area contributed by atoms with Gasteiger partial charge in [-0.2, -0.15) is 0 Å². The average Bonchev–Trinajstić information content (AvgIpc) is 2.22. The molecular weight excluding hydrogens is 206 g/mol. The van der Waals surface area contributed by atoms with Gasteiger partial charge in [-0.15, -0.1) is 0 Å². The van der Waals surface area contributed by atoms with Crippen LogP contribution >= 0.6 is 0 Å². The number of nitrogens with zero attached hydrogens (tertiary/aromatic N) is 1. The smallest absolute Gasteiger partial charge is 0.308 e. The van der Waals surface area contributed by atoms with E-state index in [9.17, 15) is 9.59 Å². The van der Waals surface area contributed by atoms with Crippen LogP contribution in [0.2, 0.25) is 0 Å². The summed E-state index contributed by atoms with van der Waals surface area (Å²) in [5.74, 6) is -0.969. The van der Waals surface area contributed by atoms with E-state index in [2.05, 4.69) is 6.92 Å². The Hall–Kier alpha value is -1.58. The van der Waals surface area contributed by atoms with E-state index < -0.39 is 5.97 Å². The van der Waals surface area contributed by atoms with Crippen molar-refractivity contribution in [2.24, 2.45) is 0 Å². The molecule has 1 aromatic heterocycles. The van der Waals surface area contributed by atoms with E-state index in [1.165, 1.54) is 0 Å². The molecule has 0 saturated carbocycles. The van der Waals surface area contributed by atoms with Crippen LogP contribution < -0.4 is 5.56 Å². The predicted octanol–water partition coefficient (Wildman–Crippen LogP) is 1.58. The van der Waals surface area contributed by atoms with Crippen molar-refractivity contribution >= 4 is 5.97 Å². The molecule has 1 rings (SSSR count). The second kappa shape index (κ2) is 5.49. The van der Waals surface area contributed by atoms with Gasteiger partial charge in [-0.05, 0) is 19.4 Å². The van der Waals surface area contributed by atoms with Crippen LogP contribution in [0.5, 0.6) is 0 Å². The van der Waals surface area contributed by atoms with Crippen LogP contribution in [0.1, 0.15) is 31.0 Å². The molecule has 88 valence electrons. The third-order valence-corrected chi connectivity index (χ3v) is 2.55. The molecular formula is C12H17NO3. The van der Waals surface area contributed by atoms with Crippen molar-refractivity contribution in [2.45, 2.75) is 39.7 Å². The zero-order chi connectivity index (χ0) is 12.1. The third-order valence-electron chi connectivity index (χ3n) is 2.55. The summed E-state index contributed by atoms with van der Waals surface area (Å²) < 4.78 is 1.65. The highest BCUT2D eigenvalue weighted by atomic mass is 16.4. The Morgan fingerprint density at radius 1 is 1.44 bits per heavy atom. The maximum Gasteiger partial charge on any atom is 0.308 e. The van der Waals surface area contributed by atoms with Gasteiger partial charge >= 0.3 is 5.97 Å². The van der Waals surface area contributed by atoms with Crippen molar-refractivity contribution < 1.29 is 9.90 Å². The van der Waals surface area contributed by atoms with Gasteiger partial charge in [0.05, 0.1) is 6.42 Å². The van der Waals surface area contributed by atoms with Crippen molar-refractivity contribution in [3.8, 4) is 0 Å². The first kappa shape index (κ1) is 12.5. The van der Waals surface area contributed by atoms with Crippen LogP contribution in [-0.4, -0.2) is 15.6 Å². The van der Waals surface area contributed by atoms with E-state index in [1.54, 1.807) is 16.7 Å². The lowest BCUT2D eigenvalue weighted by Crippen LogP contribution is -2.26. The molecule has 0 saturated heterocycles. The first-order valence-electron chi connectivity index (χ1n) is 5.47. The zero-order valence-corrected chi connectivity index (χ0v) is 9.69. The van der Waals surface area contributed by atoms with E-state index in [4.69, 9.17) is 5.11 Å². The zero-order valence-electron chi connectivity index (χ0n) is 9.69. The van der Waals surface area contributed by atoms with E-state index >= 15 is 0 Å². The van der Waals surface area contributed by atoms with Gasteiger partial charge in [-0.3, -0.25) is 9.59 Å². The number of hydrogen-bond acceptors (Lipinski definition) is 2. The van der Waals surface area contributed by atoms with E-state index in [0.717, 1.165) is 18.5 Å². The highest BCUT2D eigenvalue weighted by molar-refractivity contribution is 5.69. The summed E-state index contributed by atoms with van der Waals surface area (Å²) in [5, 5.41) is 8.68. The molecule has 1 N–H and O–H groups in total. The first-order valence-corrected chi connectivity index (χ1v) is 5.47. The lowest BCUT2D eigenvalue weighted by Gasteiger charge is -2.10. The van der Waals surface area contributed by atoms with Crippen molar-refractivity contribution in [1.82, 2.24) is 4.57 Å². The number of carbonyl (C=O) groups is 1. The summed E-state index contributed by atoms with van der Waals surface area (Å²) in [7, 11) is 0. The minimum absolute atomic E-state index is 0.171. The number of aromatic nitrogens is 1. The quantitative estimate of drug-likeness (QED) is 0.824. The van der Waals surface area contributed by atoms with Crippen LogP contribution in [0.25, 0.3) is 0 Å². The van der Waals surface area contributed by atoms with Crippen molar-refractivity contribution in [2.75, 3.05) is 0 Å². The average molecular weight is 223 g/mol. The minimum Gasteiger partial charge on any atom is -0.481 e. The summed E-state index contributed by atoms with van der Waals surface area (Å²) in [4.78, 5) is 22.5. The van der Waals surface area contributed by atoms with Crippen molar-refractivity contribution in [1.29, 1.82) is 0 Å². The predicted molar refractivity (Wildman–Crippen MR) is 61.7 cm³/mol. The Kier molecular flexibility index (Phi) is 4.28. The molecule has 0 spiro atoms. The fourth-order valence-corrected chi connectivity index (χ4v) is 1.61. The lowest BCUT2D eigenvalue weighted by molar-refractivity contribution is -0.136. The highest BCUT2D eigenvalue weighted by Gasteiger charge is 2.08. The van der Waals surface area contributed by atoms with Crippen LogP contribution in [-0.2, 0) is 17.8 Å². The van der Waals surface area contributed by atoms with Crippen LogP contribution in [0.4, 0.5) is 0 Å². The van der Waals surface area contributed by atoms with Gasteiger partial charge in [0, 0.05) is 17.8 Å². The molecule has 0 aliphatic heterocycles. The van der Waals surface area contributed by atoms with Gasteiger partial charge < -0.3 is 9.67 Å². The molecule has 0 aliphatic rings. The van der Waals surface area contributed by atoms with E-state index in [-0.39, 0.29) is 12.0 Å². The molecule has 0 bridgehead atoms. The Morgan fingerprint density at radius 2 is 2.12 bits per heavy atom. The third kappa shape index (κ3) is 2.95.